The summed E-state index contributed by atoms with van der Waals surface area (Å²) in [6.45, 7) is 0. The van der Waals surface area contributed by atoms with Crippen LogP contribution in [0.2, 0.25) is 5.02 Å². The molecule has 1 unspecified atom stereocenters. The summed E-state index contributed by atoms with van der Waals surface area (Å²) in [5, 5.41) is 0.205. The highest BCUT2D eigenvalue weighted by Gasteiger charge is 2.17. The number of Topliss-reactive ketones (excluding diaryl/α,β-unsaturated/α-hetero) is 1. The van der Waals surface area contributed by atoms with E-state index in [1.807, 2.05) is 30.3 Å². The van der Waals surface area contributed by atoms with Crippen molar-refractivity contribution in [2.75, 3.05) is 0 Å². The van der Waals surface area contributed by atoms with Crippen molar-refractivity contribution in [3.05, 3.63) is 70.7 Å². The van der Waals surface area contributed by atoms with Crippen molar-refractivity contribution >= 4 is 30.0 Å². The van der Waals surface area contributed by atoms with Crippen molar-refractivity contribution in [1.82, 2.24) is 0 Å². The van der Waals surface area contributed by atoms with Crippen molar-refractivity contribution in [3.8, 4) is 0 Å². The number of benzene rings is 2. The summed E-state index contributed by atoms with van der Waals surface area (Å²) < 4.78 is 0. The predicted octanol–water partition coefficient (Wildman–Crippen LogP) is 4.19. The molecule has 86 valence electrons. The maximum absolute atomic E-state index is 12.1. The summed E-state index contributed by atoms with van der Waals surface area (Å²) in [4.78, 5) is 12.1. The summed E-state index contributed by atoms with van der Waals surface area (Å²) in [6.07, 6.45) is 0. The number of rotatable bonds is 3. The fraction of sp³-hybridized carbons (Fsp3) is 0.0714. The van der Waals surface area contributed by atoms with Gasteiger partial charge >= 0.3 is 0 Å². The van der Waals surface area contributed by atoms with E-state index in [1.54, 1.807) is 24.3 Å². The minimum absolute atomic E-state index is 0.00347. The fourth-order valence-corrected chi connectivity index (χ4v) is 2.00. The van der Waals surface area contributed by atoms with Crippen LogP contribution in [0.15, 0.2) is 54.6 Å². The van der Waals surface area contributed by atoms with Gasteiger partial charge in [-0.15, -0.1) is 0 Å². The molecule has 2 aromatic rings. The number of halogens is 1. The lowest BCUT2D eigenvalue weighted by molar-refractivity contribution is 0.0990. The molecule has 0 spiro atoms. The van der Waals surface area contributed by atoms with Gasteiger partial charge in [-0.25, -0.2) is 0 Å². The Morgan fingerprint density at radius 1 is 1.00 bits per heavy atom. The van der Waals surface area contributed by atoms with Crippen LogP contribution in [-0.2, 0) is 0 Å². The number of thiol groups is 1. The van der Waals surface area contributed by atoms with Gasteiger partial charge in [-0.3, -0.25) is 4.79 Å². The van der Waals surface area contributed by atoms with Crippen LogP contribution in [-0.4, -0.2) is 5.78 Å². The molecule has 0 aliphatic carbocycles. The molecule has 0 bridgehead atoms. The monoisotopic (exact) mass is 262 g/mol. The summed E-state index contributed by atoms with van der Waals surface area (Å²) in [7, 11) is 0. The Morgan fingerprint density at radius 2 is 1.59 bits per heavy atom. The molecule has 0 saturated carbocycles. The van der Waals surface area contributed by atoms with Gasteiger partial charge in [0.2, 0.25) is 0 Å². The first-order chi connectivity index (χ1) is 8.18. The third-order valence-corrected chi connectivity index (χ3v) is 3.28. The van der Waals surface area contributed by atoms with E-state index in [9.17, 15) is 4.79 Å². The van der Waals surface area contributed by atoms with Crippen molar-refractivity contribution in [3.63, 3.8) is 0 Å². The minimum atomic E-state index is -0.449. The van der Waals surface area contributed by atoms with E-state index in [-0.39, 0.29) is 5.78 Å². The zero-order valence-electron chi connectivity index (χ0n) is 9.01. The van der Waals surface area contributed by atoms with Gasteiger partial charge in [0.25, 0.3) is 0 Å². The van der Waals surface area contributed by atoms with Crippen LogP contribution in [0, 0.1) is 0 Å². The van der Waals surface area contributed by atoms with Gasteiger partial charge < -0.3 is 0 Å². The standard InChI is InChI=1S/C14H11ClOS/c15-12-8-6-11(7-9-12)14(17)13(16)10-4-2-1-3-5-10/h1-9,14,17H. The molecular weight excluding hydrogens is 252 g/mol. The van der Waals surface area contributed by atoms with Crippen LogP contribution < -0.4 is 0 Å². The second-order valence-corrected chi connectivity index (χ2v) is 4.64. The number of carbonyl (C=O) groups excluding carboxylic acids is 1. The van der Waals surface area contributed by atoms with E-state index in [0.717, 1.165) is 5.56 Å². The molecule has 0 fully saturated rings. The SMILES string of the molecule is O=C(c1ccccc1)C(S)c1ccc(Cl)cc1. The van der Waals surface area contributed by atoms with Crippen molar-refractivity contribution < 1.29 is 4.79 Å². The van der Waals surface area contributed by atoms with Gasteiger partial charge in [0.15, 0.2) is 5.78 Å². The maximum atomic E-state index is 12.1. The zero-order valence-corrected chi connectivity index (χ0v) is 10.7. The smallest absolute Gasteiger partial charge is 0.179 e. The molecule has 3 heteroatoms. The van der Waals surface area contributed by atoms with E-state index in [0.29, 0.717) is 10.6 Å². The van der Waals surface area contributed by atoms with Crippen LogP contribution in [0.3, 0.4) is 0 Å². The van der Waals surface area contributed by atoms with Crippen LogP contribution in [0.5, 0.6) is 0 Å². The Morgan fingerprint density at radius 3 is 2.18 bits per heavy atom. The molecular formula is C14H11ClOS. The van der Waals surface area contributed by atoms with E-state index >= 15 is 0 Å². The first kappa shape index (κ1) is 12.2. The lowest BCUT2D eigenvalue weighted by Gasteiger charge is -2.10. The number of carbonyl (C=O) groups is 1. The van der Waals surface area contributed by atoms with Gasteiger partial charge in [0.1, 0.15) is 0 Å². The Bertz CT molecular complexity index is 508. The molecule has 0 saturated heterocycles. The quantitative estimate of drug-likeness (QED) is 0.648. The van der Waals surface area contributed by atoms with Crippen molar-refractivity contribution in [1.29, 1.82) is 0 Å². The molecule has 2 rings (SSSR count). The summed E-state index contributed by atoms with van der Waals surface area (Å²) in [5.74, 6) is -0.00347. The zero-order chi connectivity index (χ0) is 12.3. The highest BCUT2D eigenvalue weighted by atomic mass is 35.5. The number of hydrogen-bond donors (Lipinski definition) is 1. The van der Waals surface area contributed by atoms with E-state index < -0.39 is 5.25 Å². The number of hydrogen-bond acceptors (Lipinski definition) is 2. The first-order valence-corrected chi connectivity index (χ1v) is 6.11. The van der Waals surface area contributed by atoms with E-state index in [2.05, 4.69) is 12.6 Å². The Labute approximate surface area is 111 Å². The average Bonchev–Trinajstić information content (AvgIpc) is 2.39. The van der Waals surface area contributed by atoms with Crippen molar-refractivity contribution in [2.45, 2.75) is 5.25 Å². The largest absolute Gasteiger partial charge is 0.293 e. The van der Waals surface area contributed by atoms with Gasteiger partial charge in [-0.05, 0) is 17.7 Å². The predicted molar refractivity (Wildman–Crippen MR) is 74.0 cm³/mol. The van der Waals surface area contributed by atoms with Gasteiger partial charge in [-0.1, -0.05) is 54.1 Å². The Balaban J connectivity index is 2.23. The van der Waals surface area contributed by atoms with Gasteiger partial charge in [0, 0.05) is 10.6 Å². The molecule has 0 amide bonds. The molecule has 17 heavy (non-hydrogen) atoms. The summed E-state index contributed by atoms with van der Waals surface area (Å²) in [5.41, 5.74) is 1.52. The maximum Gasteiger partial charge on any atom is 0.179 e. The van der Waals surface area contributed by atoms with Crippen LogP contribution in [0.4, 0.5) is 0 Å². The third kappa shape index (κ3) is 2.90. The molecule has 0 aliphatic heterocycles. The fourth-order valence-electron chi connectivity index (χ4n) is 1.56. The number of ketones is 1. The van der Waals surface area contributed by atoms with Crippen molar-refractivity contribution in [2.24, 2.45) is 0 Å². The van der Waals surface area contributed by atoms with E-state index in [1.165, 1.54) is 0 Å². The molecule has 2 aromatic carbocycles. The van der Waals surface area contributed by atoms with Gasteiger partial charge in [-0.2, -0.15) is 12.6 Å². The second-order valence-electron chi connectivity index (χ2n) is 3.68. The Hall–Kier alpha value is -1.25. The van der Waals surface area contributed by atoms with Crippen LogP contribution in [0.25, 0.3) is 0 Å². The molecule has 0 aliphatic rings. The topological polar surface area (TPSA) is 17.1 Å². The lowest BCUT2D eigenvalue weighted by atomic mass is 10.0. The molecule has 0 radical (unpaired) electrons. The summed E-state index contributed by atoms with van der Waals surface area (Å²) in [6, 6.07) is 16.3. The molecule has 0 aromatic heterocycles. The highest BCUT2D eigenvalue weighted by molar-refractivity contribution is 7.81. The normalized spacial score (nSPS) is 12.1. The molecule has 0 heterocycles. The average molecular weight is 263 g/mol. The summed E-state index contributed by atoms with van der Waals surface area (Å²) >= 11 is 10.2. The highest BCUT2D eigenvalue weighted by Crippen LogP contribution is 2.25. The molecule has 0 N–H and O–H groups in total. The molecule has 1 nitrogen and oxygen atoms in total. The van der Waals surface area contributed by atoms with E-state index in [4.69, 9.17) is 11.6 Å². The first-order valence-electron chi connectivity index (χ1n) is 5.21. The lowest BCUT2D eigenvalue weighted by Crippen LogP contribution is -2.07. The third-order valence-electron chi connectivity index (χ3n) is 2.49. The minimum Gasteiger partial charge on any atom is -0.293 e. The van der Waals surface area contributed by atoms with Gasteiger partial charge in [0.05, 0.1) is 5.25 Å². The second kappa shape index (κ2) is 5.39. The van der Waals surface area contributed by atoms with Crippen LogP contribution in [0.1, 0.15) is 21.2 Å². The Kier molecular flexibility index (Phi) is 3.87. The molecule has 1 atom stereocenters. The van der Waals surface area contributed by atoms with Crippen LogP contribution >= 0.6 is 24.2 Å².